The van der Waals surface area contributed by atoms with E-state index in [1.54, 1.807) is 4.57 Å². The van der Waals surface area contributed by atoms with Gasteiger partial charge in [0.05, 0.1) is 12.2 Å². The van der Waals surface area contributed by atoms with Crippen molar-refractivity contribution >= 4 is 17.0 Å². The summed E-state index contributed by atoms with van der Waals surface area (Å²) in [6.45, 7) is 5.48. The van der Waals surface area contributed by atoms with Crippen molar-refractivity contribution in [2.45, 2.75) is 77.5 Å². The summed E-state index contributed by atoms with van der Waals surface area (Å²) in [4.78, 5) is 23.7. The molecule has 1 aliphatic heterocycles. The highest BCUT2D eigenvalue weighted by Crippen LogP contribution is 2.21. The molecule has 0 saturated carbocycles. The number of ether oxygens (including phenoxy) is 2. The molecule has 1 aliphatic rings. The van der Waals surface area contributed by atoms with Crippen molar-refractivity contribution < 1.29 is 9.47 Å². The minimum Gasteiger partial charge on any atom is -0.460 e. The molecule has 3 heterocycles. The summed E-state index contributed by atoms with van der Waals surface area (Å²) >= 11 is 0. The van der Waals surface area contributed by atoms with Gasteiger partial charge in [-0.2, -0.15) is 9.97 Å². The molecular formula is C18H29N5O3. The van der Waals surface area contributed by atoms with E-state index < -0.39 is 0 Å². The first kappa shape index (κ1) is 18.7. The van der Waals surface area contributed by atoms with E-state index in [-0.39, 0.29) is 23.6 Å². The first-order valence-corrected chi connectivity index (χ1v) is 9.62. The first-order chi connectivity index (χ1) is 12.6. The van der Waals surface area contributed by atoms with Crippen LogP contribution in [0, 0.1) is 0 Å². The van der Waals surface area contributed by atoms with Crippen molar-refractivity contribution in [2.75, 3.05) is 12.3 Å². The Morgan fingerprint density at radius 2 is 2.27 bits per heavy atom. The van der Waals surface area contributed by atoms with Crippen LogP contribution in [0.4, 0.5) is 5.82 Å². The van der Waals surface area contributed by atoms with Crippen LogP contribution in [0.2, 0.25) is 0 Å². The predicted octanol–water partition coefficient (Wildman–Crippen LogP) is 2.62. The molecule has 0 bridgehead atoms. The van der Waals surface area contributed by atoms with Gasteiger partial charge in [-0.05, 0) is 45.4 Å². The molecule has 2 aromatic rings. The van der Waals surface area contributed by atoms with Crippen molar-refractivity contribution in [3.8, 4) is 6.01 Å². The molecule has 0 aliphatic carbocycles. The molecular weight excluding hydrogens is 334 g/mol. The summed E-state index contributed by atoms with van der Waals surface area (Å²) in [5, 5.41) is 0. The molecule has 8 heteroatoms. The smallest absolute Gasteiger partial charge is 0.327 e. The van der Waals surface area contributed by atoms with Gasteiger partial charge in [-0.25, -0.2) is 4.79 Å². The number of aromatic nitrogens is 4. The highest BCUT2D eigenvalue weighted by molar-refractivity contribution is 5.81. The quantitative estimate of drug-likeness (QED) is 0.746. The van der Waals surface area contributed by atoms with Gasteiger partial charge in [0.15, 0.2) is 11.5 Å². The number of aryl methyl sites for hydroxylation is 1. The van der Waals surface area contributed by atoms with Crippen molar-refractivity contribution in [2.24, 2.45) is 0 Å². The summed E-state index contributed by atoms with van der Waals surface area (Å²) in [5.41, 5.74) is 6.76. The summed E-state index contributed by atoms with van der Waals surface area (Å²) < 4.78 is 13.1. The molecule has 0 aromatic carbocycles. The topological polar surface area (TPSA) is 108 Å². The second-order valence-electron chi connectivity index (χ2n) is 7.02. The van der Waals surface area contributed by atoms with Gasteiger partial charge in [-0.1, -0.05) is 13.3 Å². The Bertz CT molecular complexity index is 779. The van der Waals surface area contributed by atoms with Gasteiger partial charge < -0.3 is 20.2 Å². The zero-order valence-electron chi connectivity index (χ0n) is 15.7. The molecule has 8 nitrogen and oxygen atoms in total. The maximum atomic E-state index is 12.3. The fourth-order valence-corrected chi connectivity index (χ4v) is 3.45. The number of imidazole rings is 1. The number of fused-ring (bicyclic) bond motifs is 1. The van der Waals surface area contributed by atoms with E-state index in [2.05, 4.69) is 21.9 Å². The lowest BCUT2D eigenvalue weighted by Gasteiger charge is -2.22. The maximum absolute atomic E-state index is 12.3. The minimum absolute atomic E-state index is 0.000543. The van der Waals surface area contributed by atoms with Gasteiger partial charge in [0, 0.05) is 13.2 Å². The third kappa shape index (κ3) is 4.35. The van der Waals surface area contributed by atoms with Crippen molar-refractivity contribution in [1.29, 1.82) is 0 Å². The molecule has 144 valence electrons. The number of H-pyrrole nitrogens is 1. The number of hydrogen-bond donors (Lipinski definition) is 2. The molecule has 0 radical (unpaired) electrons. The number of rotatable bonds is 8. The van der Waals surface area contributed by atoms with E-state index in [1.807, 2.05) is 6.92 Å². The molecule has 0 spiro atoms. The Kier molecular flexibility index (Phi) is 6.13. The van der Waals surface area contributed by atoms with Crippen LogP contribution in [0.15, 0.2) is 4.79 Å². The van der Waals surface area contributed by atoms with E-state index in [0.29, 0.717) is 23.8 Å². The summed E-state index contributed by atoms with van der Waals surface area (Å²) in [6, 6.07) is 0.222. The van der Waals surface area contributed by atoms with E-state index in [9.17, 15) is 4.79 Å². The van der Waals surface area contributed by atoms with Gasteiger partial charge in [-0.15, -0.1) is 0 Å². The number of nitrogen functional groups attached to an aromatic ring is 1. The van der Waals surface area contributed by atoms with E-state index in [0.717, 1.165) is 45.1 Å². The first-order valence-electron chi connectivity index (χ1n) is 9.62. The van der Waals surface area contributed by atoms with Crippen molar-refractivity contribution in [3.63, 3.8) is 0 Å². The second-order valence-corrected chi connectivity index (χ2v) is 7.02. The number of nitrogens with zero attached hydrogens (tertiary/aromatic N) is 3. The molecule has 2 aromatic heterocycles. The molecule has 3 rings (SSSR count). The number of nitrogens with two attached hydrogens (primary N) is 1. The molecule has 2 atom stereocenters. The van der Waals surface area contributed by atoms with Crippen LogP contribution >= 0.6 is 0 Å². The number of hydrogen-bond acceptors (Lipinski definition) is 6. The van der Waals surface area contributed by atoms with Gasteiger partial charge in [-0.3, -0.25) is 4.57 Å². The molecule has 3 N–H and O–H groups in total. The van der Waals surface area contributed by atoms with E-state index in [1.165, 1.54) is 6.42 Å². The standard InChI is InChI=1S/C18H29N5O3/c1-3-7-12(2)26-17-21-15(19)14-16(22-17)23(18(24)20-14)10-6-9-13-8-4-5-11-25-13/h12-13H,3-11H2,1-2H3,(H,20,24)(H2,19,21,22)/t12-,13?/m0/s1. The Labute approximate surface area is 153 Å². The number of anilines is 1. The average molecular weight is 363 g/mol. The number of nitrogens with one attached hydrogen (secondary N) is 1. The van der Waals surface area contributed by atoms with Crippen LogP contribution in [0.1, 0.15) is 58.8 Å². The SMILES string of the molecule is CCC[C@H](C)Oc1nc(N)c2[nH]c(=O)n(CCCC3CCCCO3)c2n1. The Morgan fingerprint density at radius 1 is 1.42 bits per heavy atom. The van der Waals surface area contributed by atoms with Gasteiger partial charge in [0.25, 0.3) is 0 Å². The third-order valence-corrected chi connectivity index (χ3v) is 4.81. The molecule has 0 amide bonds. The lowest BCUT2D eigenvalue weighted by molar-refractivity contribution is 0.00952. The highest BCUT2D eigenvalue weighted by atomic mass is 16.5. The zero-order valence-corrected chi connectivity index (χ0v) is 15.7. The Hall–Kier alpha value is -2.09. The van der Waals surface area contributed by atoms with E-state index in [4.69, 9.17) is 15.2 Å². The van der Waals surface area contributed by atoms with Gasteiger partial charge >= 0.3 is 11.7 Å². The molecule has 1 unspecified atom stereocenters. The molecule has 1 fully saturated rings. The van der Waals surface area contributed by atoms with Crippen LogP contribution in [-0.4, -0.2) is 38.3 Å². The fraction of sp³-hybridized carbons (Fsp3) is 0.722. The van der Waals surface area contributed by atoms with Gasteiger partial charge in [0.2, 0.25) is 0 Å². The third-order valence-electron chi connectivity index (χ3n) is 4.81. The summed E-state index contributed by atoms with van der Waals surface area (Å²) in [7, 11) is 0. The highest BCUT2D eigenvalue weighted by Gasteiger charge is 2.17. The van der Waals surface area contributed by atoms with Crippen LogP contribution in [0.25, 0.3) is 11.2 Å². The van der Waals surface area contributed by atoms with Crippen LogP contribution in [0.3, 0.4) is 0 Å². The lowest BCUT2D eigenvalue weighted by Crippen LogP contribution is -2.21. The van der Waals surface area contributed by atoms with Crippen LogP contribution in [-0.2, 0) is 11.3 Å². The number of aromatic amines is 1. The van der Waals surface area contributed by atoms with Crippen molar-refractivity contribution in [1.82, 2.24) is 19.5 Å². The summed E-state index contributed by atoms with van der Waals surface area (Å²) in [5.74, 6) is 0.236. The lowest BCUT2D eigenvalue weighted by atomic mass is 10.0. The zero-order chi connectivity index (χ0) is 18.5. The predicted molar refractivity (Wildman–Crippen MR) is 100 cm³/mol. The van der Waals surface area contributed by atoms with E-state index >= 15 is 0 Å². The maximum Gasteiger partial charge on any atom is 0.327 e. The van der Waals surface area contributed by atoms with Gasteiger partial charge in [0.1, 0.15) is 5.52 Å². The normalized spacial score (nSPS) is 18.9. The van der Waals surface area contributed by atoms with Crippen LogP contribution < -0.4 is 16.2 Å². The largest absolute Gasteiger partial charge is 0.460 e. The monoisotopic (exact) mass is 363 g/mol. The molecule has 26 heavy (non-hydrogen) atoms. The van der Waals surface area contributed by atoms with Crippen LogP contribution in [0.5, 0.6) is 6.01 Å². The minimum atomic E-state index is -0.218. The Balaban J connectivity index is 1.74. The fourth-order valence-electron chi connectivity index (χ4n) is 3.45. The molecule has 1 saturated heterocycles. The average Bonchev–Trinajstić information content (AvgIpc) is 2.93. The summed E-state index contributed by atoms with van der Waals surface area (Å²) in [6.07, 6.45) is 7.48. The Morgan fingerprint density at radius 3 is 3.00 bits per heavy atom. The van der Waals surface area contributed by atoms with Crippen molar-refractivity contribution in [3.05, 3.63) is 10.5 Å². The second kappa shape index (κ2) is 8.53.